The van der Waals surface area contributed by atoms with E-state index in [1.165, 1.54) is 0 Å². The number of halogens is 1. The highest BCUT2D eigenvalue weighted by atomic mass is 79.9. The van der Waals surface area contributed by atoms with Crippen LogP contribution in [0, 0.1) is 0 Å². The average molecular weight is 324 g/mol. The van der Waals surface area contributed by atoms with Gasteiger partial charge < -0.3 is 9.84 Å². The Morgan fingerprint density at radius 3 is 2.95 bits per heavy atom. The van der Waals surface area contributed by atoms with Gasteiger partial charge in [0.15, 0.2) is 6.10 Å². The molecule has 0 bridgehead atoms. The molecule has 2 rings (SSSR count). The van der Waals surface area contributed by atoms with Crippen LogP contribution in [-0.4, -0.2) is 28.8 Å². The second-order valence-electron chi connectivity index (χ2n) is 4.11. The van der Waals surface area contributed by atoms with E-state index in [0.29, 0.717) is 5.69 Å². The zero-order chi connectivity index (χ0) is 13.8. The first-order valence-corrected chi connectivity index (χ1v) is 6.79. The number of aromatic nitrogens is 1. The SMILES string of the molecule is CCOC(=O)C(O)Cc1ccc2cc(Br)ccc2n1. The predicted molar refractivity (Wildman–Crippen MR) is 75.8 cm³/mol. The van der Waals surface area contributed by atoms with Gasteiger partial charge >= 0.3 is 5.97 Å². The lowest BCUT2D eigenvalue weighted by molar-refractivity contribution is -0.152. The Hall–Kier alpha value is -1.46. The molecule has 0 saturated carbocycles. The molecule has 0 saturated heterocycles. The van der Waals surface area contributed by atoms with Gasteiger partial charge in [0.1, 0.15) is 0 Å². The van der Waals surface area contributed by atoms with Crippen molar-refractivity contribution in [3.63, 3.8) is 0 Å². The molecule has 1 N–H and O–H groups in total. The fourth-order valence-corrected chi connectivity index (χ4v) is 2.15. The Morgan fingerprint density at radius 1 is 1.42 bits per heavy atom. The molecule has 0 fully saturated rings. The summed E-state index contributed by atoms with van der Waals surface area (Å²) < 4.78 is 5.74. The van der Waals surface area contributed by atoms with Gasteiger partial charge in [0.25, 0.3) is 0 Å². The number of carbonyl (C=O) groups is 1. The van der Waals surface area contributed by atoms with E-state index >= 15 is 0 Å². The van der Waals surface area contributed by atoms with Crippen molar-refractivity contribution < 1.29 is 14.6 Å². The molecule has 1 aromatic carbocycles. The van der Waals surface area contributed by atoms with Crippen LogP contribution in [0.15, 0.2) is 34.8 Å². The van der Waals surface area contributed by atoms with Crippen LogP contribution in [0.1, 0.15) is 12.6 Å². The molecule has 0 aliphatic carbocycles. The second-order valence-corrected chi connectivity index (χ2v) is 5.03. The third-order valence-corrected chi connectivity index (χ3v) is 3.16. The van der Waals surface area contributed by atoms with Crippen molar-refractivity contribution in [1.29, 1.82) is 0 Å². The number of ether oxygens (including phenoxy) is 1. The molecule has 0 amide bonds. The summed E-state index contributed by atoms with van der Waals surface area (Å²) in [5.41, 5.74) is 1.49. The number of hydrogen-bond acceptors (Lipinski definition) is 4. The summed E-state index contributed by atoms with van der Waals surface area (Å²) in [6, 6.07) is 9.48. The number of fused-ring (bicyclic) bond motifs is 1. The largest absolute Gasteiger partial charge is 0.464 e. The second kappa shape index (κ2) is 6.12. The summed E-state index contributed by atoms with van der Waals surface area (Å²) in [5, 5.41) is 10.7. The maximum absolute atomic E-state index is 11.3. The molecule has 1 aromatic heterocycles. The van der Waals surface area contributed by atoms with Crippen molar-refractivity contribution in [2.75, 3.05) is 6.61 Å². The molecule has 0 spiro atoms. The van der Waals surface area contributed by atoms with E-state index in [1.54, 1.807) is 13.0 Å². The number of rotatable bonds is 4. The highest BCUT2D eigenvalue weighted by Crippen LogP contribution is 2.19. The normalized spacial score (nSPS) is 12.4. The standard InChI is InChI=1S/C14H14BrNO3/c1-2-19-14(18)13(17)8-11-5-3-9-7-10(15)4-6-12(9)16-11/h3-7,13,17H,2,8H2,1H3. The van der Waals surface area contributed by atoms with Gasteiger partial charge in [-0.05, 0) is 31.2 Å². The quantitative estimate of drug-likeness (QED) is 0.878. The van der Waals surface area contributed by atoms with E-state index in [1.807, 2.05) is 24.3 Å². The van der Waals surface area contributed by atoms with Gasteiger partial charge in [0.05, 0.1) is 12.1 Å². The van der Waals surface area contributed by atoms with E-state index in [9.17, 15) is 9.90 Å². The van der Waals surface area contributed by atoms with Gasteiger partial charge in [-0.15, -0.1) is 0 Å². The number of hydrogen-bond donors (Lipinski definition) is 1. The number of benzene rings is 1. The Balaban J connectivity index is 2.17. The molecular formula is C14H14BrNO3. The van der Waals surface area contributed by atoms with Crippen molar-refractivity contribution in [1.82, 2.24) is 4.98 Å². The molecule has 100 valence electrons. The lowest BCUT2D eigenvalue weighted by Gasteiger charge is -2.09. The van der Waals surface area contributed by atoms with Gasteiger partial charge in [-0.25, -0.2) is 4.79 Å². The van der Waals surface area contributed by atoms with Crippen LogP contribution in [0.2, 0.25) is 0 Å². The van der Waals surface area contributed by atoms with Gasteiger partial charge in [-0.1, -0.05) is 22.0 Å². The Labute approximate surface area is 119 Å². The van der Waals surface area contributed by atoms with Crippen molar-refractivity contribution in [3.05, 3.63) is 40.5 Å². The molecule has 1 unspecified atom stereocenters. The third kappa shape index (κ3) is 3.52. The zero-order valence-electron chi connectivity index (χ0n) is 10.5. The molecule has 4 nitrogen and oxygen atoms in total. The van der Waals surface area contributed by atoms with Crippen molar-refractivity contribution in [3.8, 4) is 0 Å². The van der Waals surface area contributed by atoms with Crippen LogP contribution in [0.25, 0.3) is 10.9 Å². The Bertz CT molecular complexity index is 600. The molecule has 0 aliphatic rings. The molecule has 2 aromatic rings. The topological polar surface area (TPSA) is 59.4 Å². The summed E-state index contributed by atoms with van der Waals surface area (Å²) in [6.45, 7) is 1.96. The fraction of sp³-hybridized carbons (Fsp3) is 0.286. The number of aliphatic hydroxyl groups is 1. The maximum Gasteiger partial charge on any atom is 0.335 e. The number of nitrogens with zero attached hydrogens (tertiary/aromatic N) is 1. The van der Waals surface area contributed by atoms with E-state index in [2.05, 4.69) is 20.9 Å². The fourth-order valence-electron chi connectivity index (χ4n) is 1.77. The van der Waals surface area contributed by atoms with E-state index in [-0.39, 0.29) is 13.0 Å². The third-order valence-electron chi connectivity index (χ3n) is 2.67. The molecule has 19 heavy (non-hydrogen) atoms. The van der Waals surface area contributed by atoms with Crippen LogP contribution in [0.5, 0.6) is 0 Å². The van der Waals surface area contributed by atoms with Crippen LogP contribution < -0.4 is 0 Å². The summed E-state index contributed by atoms with van der Waals surface area (Å²) in [4.78, 5) is 15.8. The minimum Gasteiger partial charge on any atom is -0.464 e. The van der Waals surface area contributed by atoms with Gasteiger partial charge in [-0.2, -0.15) is 0 Å². The molecule has 0 radical (unpaired) electrons. The van der Waals surface area contributed by atoms with E-state index in [0.717, 1.165) is 15.4 Å². The molecule has 1 atom stereocenters. The highest BCUT2D eigenvalue weighted by molar-refractivity contribution is 9.10. The Morgan fingerprint density at radius 2 is 2.21 bits per heavy atom. The van der Waals surface area contributed by atoms with Crippen LogP contribution >= 0.6 is 15.9 Å². The maximum atomic E-state index is 11.3. The van der Waals surface area contributed by atoms with Crippen molar-refractivity contribution in [2.24, 2.45) is 0 Å². The zero-order valence-corrected chi connectivity index (χ0v) is 12.1. The van der Waals surface area contributed by atoms with Crippen LogP contribution in [0.4, 0.5) is 0 Å². The van der Waals surface area contributed by atoms with Crippen molar-refractivity contribution >= 4 is 32.8 Å². The average Bonchev–Trinajstić information content (AvgIpc) is 2.39. The monoisotopic (exact) mass is 323 g/mol. The van der Waals surface area contributed by atoms with E-state index in [4.69, 9.17) is 4.74 Å². The first-order chi connectivity index (χ1) is 9.10. The number of carbonyl (C=O) groups excluding carboxylic acids is 1. The van der Waals surface area contributed by atoms with E-state index < -0.39 is 12.1 Å². The highest BCUT2D eigenvalue weighted by Gasteiger charge is 2.17. The van der Waals surface area contributed by atoms with Gasteiger partial charge in [-0.3, -0.25) is 4.98 Å². The number of esters is 1. The summed E-state index contributed by atoms with van der Waals surface area (Å²) in [5.74, 6) is -0.611. The minimum absolute atomic E-state index is 0.158. The molecular weight excluding hydrogens is 310 g/mol. The lowest BCUT2D eigenvalue weighted by atomic mass is 10.1. The van der Waals surface area contributed by atoms with Crippen LogP contribution in [-0.2, 0) is 16.0 Å². The Kier molecular flexibility index (Phi) is 4.50. The molecule has 5 heteroatoms. The number of pyridine rings is 1. The summed E-state index contributed by atoms with van der Waals surface area (Å²) in [6.07, 6.45) is -1.01. The van der Waals surface area contributed by atoms with Gasteiger partial charge in [0.2, 0.25) is 0 Å². The first kappa shape index (κ1) is 14.0. The summed E-state index contributed by atoms with van der Waals surface area (Å²) >= 11 is 3.40. The summed E-state index contributed by atoms with van der Waals surface area (Å²) in [7, 11) is 0. The first-order valence-electron chi connectivity index (χ1n) is 6.00. The molecule has 0 aliphatic heterocycles. The van der Waals surface area contributed by atoms with Crippen molar-refractivity contribution in [2.45, 2.75) is 19.4 Å². The number of aliphatic hydroxyl groups excluding tert-OH is 1. The van der Waals surface area contributed by atoms with Gasteiger partial charge in [0, 0.05) is 22.0 Å². The smallest absolute Gasteiger partial charge is 0.335 e. The minimum atomic E-state index is -1.17. The molecule has 1 heterocycles. The van der Waals surface area contributed by atoms with Crippen LogP contribution in [0.3, 0.4) is 0 Å². The predicted octanol–water partition coefficient (Wildman–Crippen LogP) is 2.46. The lowest BCUT2D eigenvalue weighted by Crippen LogP contribution is -2.25.